The molecule has 0 aliphatic carbocycles. The van der Waals surface area contributed by atoms with E-state index >= 15 is 0 Å². The van der Waals surface area contributed by atoms with Crippen LogP contribution in [0.2, 0.25) is 0 Å². The molecule has 98 valence electrons. The van der Waals surface area contributed by atoms with Gasteiger partial charge in [-0.2, -0.15) is 0 Å². The highest BCUT2D eigenvalue weighted by Crippen LogP contribution is 2.15. The van der Waals surface area contributed by atoms with Crippen molar-refractivity contribution in [3.63, 3.8) is 0 Å². The summed E-state index contributed by atoms with van der Waals surface area (Å²) in [5.74, 6) is 0.950. The normalized spacial score (nSPS) is 11.8. The van der Waals surface area contributed by atoms with Crippen LogP contribution in [0, 0.1) is 6.92 Å². The highest BCUT2D eigenvalue weighted by Gasteiger charge is 2.13. The number of ether oxygens (including phenoxy) is 1. The molecule has 0 saturated carbocycles. The molecule has 0 bridgehead atoms. The first-order valence-electron chi connectivity index (χ1n) is 6.32. The van der Waals surface area contributed by atoms with E-state index in [0.717, 1.165) is 37.8 Å². The van der Waals surface area contributed by atoms with E-state index in [-0.39, 0.29) is 5.54 Å². The number of nitrogens with zero attached hydrogens (tertiary/aromatic N) is 2. The van der Waals surface area contributed by atoms with Gasteiger partial charge in [-0.15, -0.1) is 0 Å². The molecule has 0 spiro atoms. The molecule has 0 fully saturated rings. The zero-order valence-corrected chi connectivity index (χ0v) is 11.7. The molecule has 1 N–H and O–H groups in total. The van der Waals surface area contributed by atoms with Gasteiger partial charge in [-0.3, -0.25) is 0 Å². The number of hydrogen-bond donors (Lipinski definition) is 1. The number of anilines is 1. The van der Waals surface area contributed by atoms with Crippen LogP contribution in [0.1, 0.15) is 39.8 Å². The van der Waals surface area contributed by atoms with Crippen LogP contribution in [0.3, 0.4) is 0 Å². The molecule has 0 atom stereocenters. The van der Waals surface area contributed by atoms with E-state index in [2.05, 4.69) is 41.8 Å². The van der Waals surface area contributed by atoms with Crippen LogP contribution in [-0.4, -0.2) is 28.3 Å². The molecular formula is C13H25N3O. The third-order valence-electron chi connectivity index (χ3n) is 2.28. The molecule has 1 aromatic heterocycles. The van der Waals surface area contributed by atoms with Gasteiger partial charge in [-0.05, 0) is 41.0 Å². The third kappa shape index (κ3) is 5.22. The lowest BCUT2D eigenvalue weighted by molar-refractivity contribution is 0.142. The van der Waals surface area contributed by atoms with Crippen molar-refractivity contribution in [1.82, 2.24) is 9.55 Å². The van der Waals surface area contributed by atoms with Crippen molar-refractivity contribution >= 4 is 5.95 Å². The molecule has 4 heteroatoms. The Labute approximate surface area is 104 Å². The van der Waals surface area contributed by atoms with Crippen LogP contribution in [0.25, 0.3) is 0 Å². The van der Waals surface area contributed by atoms with Crippen molar-refractivity contribution in [3.05, 3.63) is 11.9 Å². The Morgan fingerprint density at radius 1 is 1.41 bits per heavy atom. The van der Waals surface area contributed by atoms with Gasteiger partial charge in [0.25, 0.3) is 0 Å². The third-order valence-corrected chi connectivity index (χ3v) is 2.28. The lowest BCUT2D eigenvalue weighted by atomic mass is 10.1. The Balaban J connectivity index is 2.58. The predicted octanol–water partition coefficient (Wildman–Crippen LogP) is 2.83. The van der Waals surface area contributed by atoms with Gasteiger partial charge >= 0.3 is 0 Å². The molecular weight excluding hydrogens is 214 g/mol. The number of aryl methyl sites for hydroxylation is 2. The molecule has 0 radical (unpaired) electrons. The molecule has 0 unspecified atom stereocenters. The fraction of sp³-hybridized carbons (Fsp3) is 0.769. The van der Waals surface area contributed by atoms with Crippen LogP contribution in [0.5, 0.6) is 0 Å². The van der Waals surface area contributed by atoms with E-state index in [9.17, 15) is 0 Å². The van der Waals surface area contributed by atoms with E-state index in [4.69, 9.17) is 4.74 Å². The molecule has 1 rings (SSSR count). The minimum atomic E-state index is 0.0372. The average molecular weight is 239 g/mol. The van der Waals surface area contributed by atoms with E-state index in [1.165, 1.54) is 0 Å². The Bertz CT molecular complexity index is 339. The van der Waals surface area contributed by atoms with Crippen molar-refractivity contribution in [2.75, 3.05) is 18.5 Å². The van der Waals surface area contributed by atoms with Crippen LogP contribution in [-0.2, 0) is 11.3 Å². The molecule has 0 aliphatic rings. The van der Waals surface area contributed by atoms with Gasteiger partial charge in [0.05, 0.1) is 5.69 Å². The molecule has 1 heterocycles. The van der Waals surface area contributed by atoms with Gasteiger partial charge in [0, 0.05) is 31.5 Å². The van der Waals surface area contributed by atoms with Gasteiger partial charge in [0.1, 0.15) is 0 Å². The quantitative estimate of drug-likeness (QED) is 0.776. The summed E-state index contributed by atoms with van der Waals surface area (Å²) >= 11 is 0. The van der Waals surface area contributed by atoms with Gasteiger partial charge in [-0.25, -0.2) is 4.98 Å². The predicted molar refractivity (Wildman–Crippen MR) is 71.4 cm³/mol. The van der Waals surface area contributed by atoms with Crippen LogP contribution >= 0.6 is 0 Å². The largest absolute Gasteiger partial charge is 0.382 e. The van der Waals surface area contributed by atoms with Crippen LogP contribution in [0.4, 0.5) is 5.95 Å². The van der Waals surface area contributed by atoms with Crippen LogP contribution in [0.15, 0.2) is 6.20 Å². The standard InChI is InChI=1S/C13H25N3O/c1-6-17-9-7-8-16-10-11(2)14-12(16)15-13(3,4)5/h10H,6-9H2,1-5H3,(H,14,15). The molecule has 17 heavy (non-hydrogen) atoms. The SMILES string of the molecule is CCOCCCn1cc(C)nc1NC(C)(C)C. The Morgan fingerprint density at radius 3 is 2.71 bits per heavy atom. The molecule has 0 aliphatic heterocycles. The maximum atomic E-state index is 5.35. The van der Waals surface area contributed by atoms with E-state index in [1.54, 1.807) is 0 Å². The second kappa shape index (κ2) is 6.05. The average Bonchev–Trinajstić information content (AvgIpc) is 2.51. The fourth-order valence-electron chi connectivity index (χ4n) is 1.63. The molecule has 1 aromatic rings. The highest BCUT2D eigenvalue weighted by molar-refractivity contribution is 5.31. The zero-order chi connectivity index (χ0) is 12.9. The van der Waals surface area contributed by atoms with E-state index < -0.39 is 0 Å². The molecule has 0 aromatic carbocycles. The smallest absolute Gasteiger partial charge is 0.203 e. The Kier molecular flexibility index (Phi) is 5.00. The first-order chi connectivity index (χ1) is 7.92. The number of nitrogens with one attached hydrogen (secondary N) is 1. The topological polar surface area (TPSA) is 39.1 Å². The van der Waals surface area contributed by atoms with Gasteiger partial charge in [-0.1, -0.05) is 0 Å². The van der Waals surface area contributed by atoms with Crippen molar-refractivity contribution in [2.24, 2.45) is 0 Å². The summed E-state index contributed by atoms with van der Waals surface area (Å²) in [6.45, 7) is 13.0. The van der Waals surface area contributed by atoms with Gasteiger partial charge in [0.15, 0.2) is 0 Å². The lowest BCUT2D eigenvalue weighted by Crippen LogP contribution is -2.28. The summed E-state index contributed by atoms with van der Waals surface area (Å²) in [5, 5.41) is 3.42. The maximum absolute atomic E-state index is 5.35. The summed E-state index contributed by atoms with van der Waals surface area (Å²) in [5.41, 5.74) is 1.09. The Morgan fingerprint density at radius 2 is 2.12 bits per heavy atom. The van der Waals surface area contributed by atoms with Crippen molar-refractivity contribution < 1.29 is 4.74 Å². The van der Waals surface area contributed by atoms with Crippen molar-refractivity contribution in [3.8, 4) is 0 Å². The van der Waals surface area contributed by atoms with Crippen LogP contribution < -0.4 is 5.32 Å². The minimum absolute atomic E-state index is 0.0372. The maximum Gasteiger partial charge on any atom is 0.203 e. The number of aromatic nitrogens is 2. The molecule has 4 nitrogen and oxygen atoms in total. The Hall–Kier alpha value is -1.03. The van der Waals surface area contributed by atoms with Crippen molar-refractivity contribution in [1.29, 1.82) is 0 Å². The number of hydrogen-bond acceptors (Lipinski definition) is 3. The summed E-state index contributed by atoms with van der Waals surface area (Å²) in [4.78, 5) is 4.51. The minimum Gasteiger partial charge on any atom is -0.382 e. The van der Waals surface area contributed by atoms with Gasteiger partial charge in [0.2, 0.25) is 5.95 Å². The summed E-state index contributed by atoms with van der Waals surface area (Å²) in [6, 6.07) is 0. The first kappa shape index (κ1) is 14.0. The van der Waals surface area contributed by atoms with E-state index in [0.29, 0.717) is 0 Å². The monoisotopic (exact) mass is 239 g/mol. The van der Waals surface area contributed by atoms with E-state index in [1.807, 2.05) is 13.8 Å². The fourth-order valence-corrected chi connectivity index (χ4v) is 1.63. The lowest BCUT2D eigenvalue weighted by Gasteiger charge is -2.22. The summed E-state index contributed by atoms with van der Waals surface area (Å²) in [6.07, 6.45) is 3.10. The molecule has 0 saturated heterocycles. The zero-order valence-electron chi connectivity index (χ0n) is 11.7. The second-order valence-electron chi connectivity index (χ2n) is 5.32. The van der Waals surface area contributed by atoms with Crippen molar-refractivity contribution in [2.45, 2.75) is 53.1 Å². The highest BCUT2D eigenvalue weighted by atomic mass is 16.5. The summed E-state index contributed by atoms with van der Waals surface area (Å²) in [7, 11) is 0. The first-order valence-corrected chi connectivity index (χ1v) is 6.32. The summed E-state index contributed by atoms with van der Waals surface area (Å²) < 4.78 is 7.51. The number of rotatable bonds is 6. The second-order valence-corrected chi connectivity index (χ2v) is 5.32. The van der Waals surface area contributed by atoms with Gasteiger partial charge < -0.3 is 14.6 Å². The number of imidazole rings is 1. The molecule has 0 amide bonds.